The van der Waals surface area contributed by atoms with Crippen molar-refractivity contribution >= 4 is 51.4 Å². The van der Waals surface area contributed by atoms with Gasteiger partial charge in [-0.1, -0.05) is 53.0 Å². The van der Waals surface area contributed by atoms with Gasteiger partial charge in [-0.15, -0.1) is 0 Å². The van der Waals surface area contributed by atoms with Crippen LogP contribution in [-0.4, -0.2) is 9.55 Å². The lowest BCUT2D eigenvalue weighted by molar-refractivity contribution is 0.839. The molecule has 0 spiro atoms. The number of fused-ring (bicyclic) bond motifs is 1. The third-order valence-corrected chi connectivity index (χ3v) is 5.05. The molecule has 140 valence electrons. The highest BCUT2D eigenvalue weighted by atomic mass is 35.5. The maximum absolute atomic E-state index is 13.3. The molecule has 0 saturated carbocycles. The number of benzene rings is 3. The summed E-state index contributed by atoms with van der Waals surface area (Å²) in [6.07, 6.45) is 0. The van der Waals surface area contributed by atoms with Gasteiger partial charge in [0.15, 0.2) is 0 Å². The molecule has 28 heavy (non-hydrogen) atoms. The molecule has 4 rings (SSSR count). The Kier molecular flexibility index (Phi) is 5.27. The quantitative estimate of drug-likeness (QED) is 0.434. The number of aromatic nitrogens is 2. The highest BCUT2D eigenvalue weighted by Crippen LogP contribution is 2.26. The number of hydrogen-bond acceptors (Lipinski definition) is 3. The molecule has 0 fully saturated rings. The summed E-state index contributed by atoms with van der Waals surface area (Å²) in [5, 5.41) is 5.02. The van der Waals surface area contributed by atoms with Gasteiger partial charge < -0.3 is 5.32 Å². The SMILES string of the molecule is O=c1c2cc(Cl)ccc2nc(CNc2ccccc2)n1-c1ccc(Cl)cc1Cl. The second-order valence-electron chi connectivity index (χ2n) is 6.15. The van der Waals surface area contributed by atoms with Crippen LogP contribution >= 0.6 is 34.8 Å². The summed E-state index contributed by atoms with van der Waals surface area (Å²) < 4.78 is 1.49. The number of nitrogens with one attached hydrogen (secondary N) is 1. The molecule has 0 aliphatic carbocycles. The Morgan fingerprint density at radius 3 is 2.36 bits per heavy atom. The molecule has 3 aromatic carbocycles. The second kappa shape index (κ2) is 7.84. The van der Waals surface area contributed by atoms with Crippen molar-refractivity contribution in [1.82, 2.24) is 9.55 Å². The first kappa shape index (κ1) is 18.8. The van der Waals surface area contributed by atoms with E-state index in [-0.39, 0.29) is 5.56 Å². The predicted octanol–water partition coefficient (Wildman–Crippen LogP) is 5.96. The zero-order valence-corrected chi connectivity index (χ0v) is 16.8. The number of para-hydroxylation sites is 1. The molecular formula is C21H14Cl3N3O. The number of halogens is 3. The molecule has 1 heterocycles. The van der Waals surface area contributed by atoms with Crippen molar-refractivity contribution in [3.63, 3.8) is 0 Å². The van der Waals surface area contributed by atoms with Crippen LogP contribution in [-0.2, 0) is 6.54 Å². The van der Waals surface area contributed by atoms with E-state index in [4.69, 9.17) is 34.8 Å². The molecule has 1 N–H and O–H groups in total. The van der Waals surface area contributed by atoms with Crippen LogP contribution in [0.1, 0.15) is 5.82 Å². The molecule has 0 radical (unpaired) electrons. The summed E-state index contributed by atoms with van der Waals surface area (Å²) in [6, 6.07) is 19.7. The van der Waals surface area contributed by atoms with Crippen molar-refractivity contribution in [2.75, 3.05) is 5.32 Å². The van der Waals surface area contributed by atoms with Gasteiger partial charge >= 0.3 is 0 Å². The Hall–Kier alpha value is -2.53. The molecule has 0 amide bonds. The molecule has 7 heteroatoms. The molecule has 0 saturated heterocycles. The van der Waals surface area contributed by atoms with Gasteiger partial charge in [0.1, 0.15) is 5.82 Å². The lowest BCUT2D eigenvalue weighted by Crippen LogP contribution is -2.25. The predicted molar refractivity (Wildman–Crippen MR) is 116 cm³/mol. The second-order valence-corrected chi connectivity index (χ2v) is 7.43. The third-order valence-electron chi connectivity index (χ3n) is 4.27. The van der Waals surface area contributed by atoms with Crippen LogP contribution in [0.2, 0.25) is 15.1 Å². The van der Waals surface area contributed by atoms with E-state index in [0.29, 0.717) is 44.0 Å². The van der Waals surface area contributed by atoms with E-state index in [1.807, 2.05) is 30.3 Å². The summed E-state index contributed by atoms with van der Waals surface area (Å²) in [5.74, 6) is 0.521. The average molecular weight is 431 g/mol. The van der Waals surface area contributed by atoms with Crippen LogP contribution in [0.25, 0.3) is 16.6 Å². The Labute approximate surface area is 176 Å². The number of hydrogen-bond donors (Lipinski definition) is 1. The van der Waals surface area contributed by atoms with Gasteiger partial charge in [0.05, 0.1) is 28.2 Å². The van der Waals surface area contributed by atoms with Gasteiger partial charge in [-0.05, 0) is 48.5 Å². The molecule has 0 bridgehead atoms. The zero-order valence-electron chi connectivity index (χ0n) is 14.5. The van der Waals surface area contributed by atoms with Crippen molar-refractivity contribution in [1.29, 1.82) is 0 Å². The number of anilines is 1. The van der Waals surface area contributed by atoms with Crippen molar-refractivity contribution < 1.29 is 0 Å². The number of rotatable bonds is 4. The fourth-order valence-electron chi connectivity index (χ4n) is 2.97. The molecule has 4 nitrogen and oxygen atoms in total. The van der Waals surface area contributed by atoms with E-state index in [1.165, 1.54) is 4.57 Å². The van der Waals surface area contributed by atoms with Crippen molar-refractivity contribution in [2.45, 2.75) is 6.54 Å². The Morgan fingerprint density at radius 2 is 1.61 bits per heavy atom. The topological polar surface area (TPSA) is 46.9 Å². The van der Waals surface area contributed by atoms with Gasteiger partial charge in [0.25, 0.3) is 5.56 Å². The largest absolute Gasteiger partial charge is 0.378 e. The van der Waals surface area contributed by atoms with Crippen molar-refractivity contribution in [3.05, 3.63) is 98.0 Å². The monoisotopic (exact) mass is 429 g/mol. The summed E-state index contributed by atoms with van der Waals surface area (Å²) in [5.41, 5.74) is 1.75. The summed E-state index contributed by atoms with van der Waals surface area (Å²) in [4.78, 5) is 18.0. The van der Waals surface area contributed by atoms with E-state index < -0.39 is 0 Å². The Morgan fingerprint density at radius 1 is 0.893 bits per heavy atom. The Bertz CT molecular complexity index is 1220. The minimum Gasteiger partial charge on any atom is -0.378 e. The molecule has 0 unspecified atom stereocenters. The van der Waals surface area contributed by atoms with E-state index in [2.05, 4.69) is 10.3 Å². The maximum atomic E-state index is 13.3. The molecule has 0 aliphatic rings. The normalized spacial score (nSPS) is 11.0. The molecule has 0 aliphatic heterocycles. The van der Waals surface area contributed by atoms with Crippen LogP contribution in [0.4, 0.5) is 5.69 Å². The fraction of sp³-hybridized carbons (Fsp3) is 0.0476. The van der Waals surface area contributed by atoms with Crippen LogP contribution in [0, 0.1) is 0 Å². The first-order chi connectivity index (χ1) is 13.5. The summed E-state index contributed by atoms with van der Waals surface area (Å²) in [7, 11) is 0. The highest BCUT2D eigenvalue weighted by Gasteiger charge is 2.15. The first-order valence-electron chi connectivity index (χ1n) is 8.48. The zero-order chi connectivity index (χ0) is 19.7. The van der Waals surface area contributed by atoms with Gasteiger partial charge in [-0.25, -0.2) is 4.98 Å². The smallest absolute Gasteiger partial charge is 0.266 e. The molecule has 0 atom stereocenters. The van der Waals surface area contributed by atoms with Gasteiger partial charge in [-0.2, -0.15) is 0 Å². The van der Waals surface area contributed by atoms with Gasteiger partial charge in [0.2, 0.25) is 0 Å². The molecule has 1 aromatic heterocycles. The third kappa shape index (κ3) is 3.72. The standard InChI is InChI=1S/C21H14Cl3N3O/c22-13-6-8-18-16(10-13)21(28)27(19-9-7-14(23)11-17(19)24)20(26-18)12-25-15-4-2-1-3-5-15/h1-11,25H,12H2. The lowest BCUT2D eigenvalue weighted by Gasteiger charge is -2.16. The minimum atomic E-state index is -0.249. The highest BCUT2D eigenvalue weighted by molar-refractivity contribution is 6.35. The van der Waals surface area contributed by atoms with E-state index in [0.717, 1.165) is 5.69 Å². The van der Waals surface area contributed by atoms with Crippen LogP contribution in [0.3, 0.4) is 0 Å². The molecular weight excluding hydrogens is 417 g/mol. The van der Waals surface area contributed by atoms with Crippen molar-refractivity contribution in [3.8, 4) is 5.69 Å². The van der Waals surface area contributed by atoms with Crippen LogP contribution < -0.4 is 10.9 Å². The van der Waals surface area contributed by atoms with Crippen LogP contribution in [0.5, 0.6) is 0 Å². The number of nitrogens with zero attached hydrogens (tertiary/aromatic N) is 2. The van der Waals surface area contributed by atoms with Gasteiger partial charge in [0, 0.05) is 15.7 Å². The fourth-order valence-corrected chi connectivity index (χ4v) is 3.64. The van der Waals surface area contributed by atoms with Crippen LogP contribution in [0.15, 0.2) is 71.5 Å². The minimum absolute atomic E-state index is 0.249. The first-order valence-corrected chi connectivity index (χ1v) is 9.62. The Balaban J connectivity index is 1.91. The van der Waals surface area contributed by atoms with E-state index >= 15 is 0 Å². The van der Waals surface area contributed by atoms with E-state index in [9.17, 15) is 4.79 Å². The summed E-state index contributed by atoms with van der Waals surface area (Å²) in [6.45, 7) is 0.330. The van der Waals surface area contributed by atoms with Gasteiger partial charge in [-0.3, -0.25) is 9.36 Å². The molecule has 4 aromatic rings. The van der Waals surface area contributed by atoms with Crippen molar-refractivity contribution in [2.24, 2.45) is 0 Å². The lowest BCUT2D eigenvalue weighted by atomic mass is 10.2. The average Bonchev–Trinajstić information content (AvgIpc) is 2.69. The van der Waals surface area contributed by atoms with E-state index in [1.54, 1.807) is 36.4 Å². The summed E-state index contributed by atoms with van der Waals surface area (Å²) >= 11 is 18.5. The maximum Gasteiger partial charge on any atom is 0.266 e.